The molecule has 0 aliphatic heterocycles. The number of unbranched alkanes of at least 4 members (excludes halogenated alkanes) is 45. The quantitative estimate of drug-likeness (QED) is 0.0347. The summed E-state index contributed by atoms with van der Waals surface area (Å²) in [5.74, 6) is -1.12. The lowest BCUT2D eigenvalue weighted by Crippen LogP contribution is -2.03. The summed E-state index contributed by atoms with van der Waals surface area (Å²) in [6, 6.07) is 0. The summed E-state index contributed by atoms with van der Waals surface area (Å²) in [7, 11) is 0. The molecule has 0 aromatic heterocycles. The molecule has 0 rings (SSSR count). The van der Waals surface area contributed by atoms with Crippen LogP contribution in [0.5, 0.6) is 0 Å². The fraction of sp³-hybridized carbons (Fsp3) is 0.979. The molecule has 0 saturated carbocycles. The monoisotopic (exact) mass is 1390 g/mol. The van der Waals surface area contributed by atoms with Crippen molar-refractivity contribution in [3.63, 3.8) is 0 Å². The van der Waals surface area contributed by atoms with E-state index in [1.165, 1.54) is 399 Å². The first-order chi connectivity index (χ1) is 46.8. The summed E-state index contributed by atoms with van der Waals surface area (Å²) < 4.78 is 3.97. The van der Waals surface area contributed by atoms with E-state index in [-0.39, 0.29) is 0 Å². The second kappa shape index (κ2) is 193. The third-order valence-electron chi connectivity index (χ3n) is 14.6. The van der Waals surface area contributed by atoms with Gasteiger partial charge in [-0.25, -0.2) is 0 Å². The van der Waals surface area contributed by atoms with Gasteiger partial charge in [0.1, 0.15) is 0 Å². The third-order valence-corrected chi connectivity index (χ3v) is 14.6. The van der Waals surface area contributed by atoms with E-state index in [0.717, 1.165) is 0 Å². The molecule has 610 valence electrons. The minimum Gasteiger partial charge on any atom is -0.394 e. The van der Waals surface area contributed by atoms with E-state index in [1.807, 2.05) is 0 Å². The Morgan fingerprint density at radius 2 is 0.165 bits per heavy atom. The van der Waals surface area contributed by atoms with Gasteiger partial charge in [-0.05, 0) is 0 Å². The smallest absolute Gasteiger partial charge is 0.310 e. The molecule has 0 radical (unpaired) electrons. The maximum atomic E-state index is 9.81. The molecule has 0 bridgehead atoms. The highest BCUT2D eigenvalue weighted by molar-refractivity contribution is 5.82. The minimum absolute atomic E-state index is 0.562. The van der Waals surface area contributed by atoms with Crippen molar-refractivity contribution in [2.75, 3.05) is 0 Å². The summed E-state index contributed by atoms with van der Waals surface area (Å²) >= 11 is 0. The molecule has 0 aromatic rings. The van der Waals surface area contributed by atoms with Gasteiger partial charge in [0.2, 0.25) is 0 Å². The van der Waals surface area contributed by atoms with Crippen LogP contribution in [0.2, 0.25) is 0 Å². The van der Waals surface area contributed by atoms with Crippen molar-refractivity contribution in [3.05, 3.63) is 0 Å². The van der Waals surface area contributed by atoms with Crippen molar-refractivity contribution in [1.82, 2.24) is 0 Å². The Kier molecular flexibility index (Phi) is 269. The molecule has 3 nitrogen and oxygen atoms in total. The van der Waals surface area contributed by atoms with Gasteiger partial charge >= 0.3 is 11.9 Å². The SMILES string of the molecule is CC(=O)OC(C)=O.CCCCCC.CCCCCC.CCCCCC.CCCCCC.CCCCCC.CCCCCC.CCCCCC.CCCCCC.CCCCCC.CCCCCC.CCCCCC.CCCCCC.CCCCCC.CCCCCC.CCCCCC. The first kappa shape index (κ1) is 135. The number of carbonyl (C=O) groups excluding carboxylic acids is 2. The lowest BCUT2D eigenvalue weighted by atomic mass is 10.2. The number of carbonyl (C=O) groups is 2. The summed E-state index contributed by atoms with van der Waals surface area (Å²) in [4.78, 5) is 19.6. The summed E-state index contributed by atoms with van der Waals surface area (Å²) in [6.45, 7) is 69.3. The van der Waals surface area contributed by atoms with Crippen LogP contribution in [0.1, 0.15) is 607 Å². The number of esters is 2. The number of ether oxygens (including phenoxy) is 1. The van der Waals surface area contributed by atoms with Crippen molar-refractivity contribution >= 4 is 11.9 Å². The predicted octanol–water partition coefficient (Wildman–Crippen LogP) is 38.9. The second-order valence-electron chi connectivity index (χ2n) is 26.7. The molecule has 3 heteroatoms. The molecule has 0 unspecified atom stereocenters. The molecular formula is C94H216O3. The summed E-state index contributed by atoms with van der Waals surface area (Å²) in [5, 5.41) is 0. The minimum atomic E-state index is -0.562. The van der Waals surface area contributed by atoms with Gasteiger partial charge in [0, 0.05) is 13.8 Å². The van der Waals surface area contributed by atoms with E-state index < -0.39 is 11.9 Å². The van der Waals surface area contributed by atoms with Gasteiger partial charge in [-0.2, -0.15) is 0 Å². The van der Waals surface area contributed by atoms with Gasteiger partial charge < -0.3 is 4.74 Å². The molecular weight excluding hydrogens is 1180 g/mol. The van der Waals surface area contributed by atoms with Gasteiger partial charge in [0.15, 0.2) is 0 Å². The van der Waals surface area contributed by atoms with E-state index in [9.17, 15) is 9.59 Å². The number of hydrogen-bond donors (Lipinski definition) is 0. The maximum absolute atomic E-state index is 9.81. The fourth-order valence-corrected chi connectivity index (χ4v) is 7.70. The van der Waals surface area contributed by atoms with Crippen LogP contribution in [-0.2, 0) is 14.3 Å². The van der Waals surface area contributed by atoms with Crippen LogP contribution < -0.4 is 0 Å². The number of rotatable bonds is 45. The van der Waals surface area contributed by atoms with Crippen LogP contribution in [0, 0.1) is 0 Å². The molecule has 0 atom stereocenters. The zero-order valence-corrected chi connectivity index (χ0v) is 76.7. The Labute approximate surface area is 629 Å². The van der Waals surface area contributed by atoms with Gasteiger partial charge in [0.05, 0.1) is 0 Å². The molecule has 0 aromatic carbocycles. The van der Waals surface area contributed by atoms with E-state index in [4.69, 9.17) is 0 Å². The maximum Gasteiger partial charge on any atom is 0.310 e. The molecule has 97 heavy (non-hydrogen) atoms. The van der Waals surface area contributed by atoms with E-state index in [0.29, 0.717) is 0 Å². The van der Waals surface area contributed by atoms with Crippen molar-refractivity contribution in [2.24, 2.45) is 0 Å². The van der Waals surface area contributed by atoms with Crippen LogP contribution in [0.3, 0.4) is 0 Å². The van der Waals surface area contributed by atoms with Gasteiger partial charge in [-0.15, -0.1) is 0 Å². The Morgan fingerprint density at radius 1 is 0.124 bits per heavy atom. The largest absolute Gasteiger partial charge is 0.394 e. The van der Waals surface area contributed by atoms with E-state index >= 15 is 0 Å². The standard InChI is InChI=1S/15C6H14.C4H6O3/c15*1-3-5-6-4-2;1-3(5)7-4(2)6/h15*3-6H2,1-2H3;1-2H3. The lowest BCUT2D eigenvalue weighted by Gasteiger charge is -1.87. The van der Waals surface area contributed by atoms with Gasteiger partial charge in [0.25, 0.3) is 0 Å². The topological polar surface area (TPSA) is 43.4 Å². The normalized spacial score (nSPS) is 8.91. The Bertz CT molecular complexity index is 609. The van der Waals surface area contributed by atoms with Crippen molar-refractivity contribution in [2.45, 2.75) is 607 Å². The summed E-state index contributed by atoms with van der Waals surface area (Å²) in [6.07, 6.45) is 83.0. The Balaban J connectivity index is -0.0000000515. The molecule has 0 N–H and O–H groups in total. The highest BCUT2D eigenvalue weighted by atomic mass is 16.6. The molecule has 0 amide bonds. The average Bonchev–Trinajstić information content (AvgIpc) is 3.73. The zero-order valence-electron chi connectivity index (χ0n) is 76.7. The van der Waals surface area contributed by atoms with Gasteiger partial charge in [-0.1, -0.05) is 593 Å². The fourth-order valence-electron chi connectivity index (χ4n) is 7.70. The summed E-state index contributed by atoms with van der Waals surface area (Å²) in [5.41, 5.74) is 0. The van der Waals surface area contributed by atoms with Crippen molar-refractivity contribution < 1.29 is 14.3 Å². The lowest BCUT2D eigenvalue weighted by molar-refractivity contribution is -0.156. The molecule has 0 aliphatic carbocycles. The molecule has 0 aliphatic rings. The van der Waals surface area contributed by atoms with Crippen molar-refractivity contribution in [1.29, 1.82) is 0 Å². The molecule has 0 heterocycles. The zero-order chi connectivity index (χ0) is 78.3. The second-order valence-corrected chi connectivity index (χ2v) is 26.7. The first-order valence-corrected chi connectivity index (χ1v) is 45.5. The van der Waals surface area contributed by atoms with Crippen LogP contribution in [0.25, 0.3) is 0 Å². The highest BCUT2D eigenvalue weighted by Gasteiger charge is 1.94. The Morgan fingerprint density at radius 3 is 0.175 bits per heavy atom. The van der Waals surface area contributed by atoms with Crippen molar-refractivity contribution in [3.8, 4) is 0 Å². The predicted molar refractivity (Wildman–Crippen MR) is 470 cm³/mol. The molecule has 0 spiro atoms. The molecule has 0 saturated heterocycles. The third kappa shape index (κ3) is 356. The van der Waals surface area contributed by atoms with Gasteiger partial charge in [-0.3, -0.25) is 9.59 Å². The van der Waals surface area contributed by atoms with E-state index in [2.05, 4.69) is 212 Å². The van der Waals surface area contributed by atoms with Crippen LogP contribution in [-0.4, -0.2) is 11.9 Å². The Hall–Kier alpha value is -0.860. The molecule has 0 fully saturated rings. The van der Waals surface area contributed by atoms with Crippen LogP contribution in [0.4, 0.5) is 0 Å². The highest BCUT2D eigenvalue weighted by Crippen LogP contribution is 2.03. The van der Waals surface area contributed by atoms with E-state index in [1.54, 1.807) is 0 Å². The average molecular weight is 1390 g/mol. The van der Waals surface area contributed by atoms with Crippen LogP contribution >= 0.6 is 0 Å². The number of hydrogen-bond acceptors (Lipinski definition) is 3. The van der Waals surface area contributed by atoms with Crippen LogP contribution in [0.15, 0.2) is 0 Å². The first-order valence-electron chi connectivity index (χ1n) is 45.5.